The smallest absolute Gasteiger partial charge is 0.000449 e. The van der Waals surface area contributed by atoms with E-state index in [0.717, 1.165) is 18.4 Å². The molecule has 0 unspecified atom stereocenters. The van der Waals surface area contributed by atoms with Crippen LogP contribution in [0.2, 0.25) is 0 Å². The van der Waals surface area contributed by atoms with E-state index in [-0.39, 0.29) is 0 Å². The van der Waals surface area contributed by atoms with Crippen molar-refractivity contribution >= 4 is 0 Å². The van der Waals surface area contributed by atoms with Gasteiger partial charge in [-0.1, -0.05) is 47.0 Å². The second kappa shape index (κ2) is 11.0. The lowest BCUT2D eigenvalue weighted by molar-refractivity contribution is 0.215. The highest BCUT2D eigenvalue weighted by Gasteiger charge is 2.08. The molecule has 0 amide bonds. The van der Waals surface area contributed by atoms with Gasteiger partial charge in [0.2, 0.25) is 0 Å². The van der Waals surface area contributed by atoms with E-state index in [9.17, 15) is 0 Å². The van der Waals surface area contributed by atoms with Crippen LogP contribution < -0.4 is 5.73 Å². The molecule has 0 radical (unpaired) electrons. The third-order valence-electron chi connectivity index (χ3n) is 2.93. The summed E-state index contributed by atoms with van der Waals surface area (Å²) in [6.07, 6.45) is 6.58. The Morgan fingerprint density at radius 3 is 1.71 bits per heavy atom. The molecule has 0 heterocycles. The Balaban J connectivity index is 3.60. The van der Waals surface area contributed by atoms with E-state index in [4.69, 9.17) is 5.73 Å². The number of hydrogen-bond donors (Lipinski definition) is 1. The largest absolute Gasteiger partial charge is 0.330 e. The Morgan fingerprint density at radius 2 is 1.24 bits per heavy atom. The standard InChI is InChI=1S/C15H34N2/c1-14(2)12-17(13-15(3)4)11-9-7-5-6-8-10-16/h14-15H,5-13,16H2,1-4H3. The molecule has 17 heavy (non-hydrogen) atoms. The maximum absolute atomic E-state index is 5.49. The quantitative estimate of drug-likeness (QED) is 0.562. The first-order valence-corrected chi connectivity index (χ1v) is 7.48. The minimum atomic E-state index is 0.783. The van der Waals surface area contributed by atoms with Gasteiger partial charge in [0.1, 0.15) is 0 Å². The molecule has 0 bridgehead atoms. The van der Waals surface area contributed by atoms with Crippen molar-refractivity contribution in [3.63, 3.8) is 0 Å². The van der Waals surface area contributed by atoms with Gasteiger partial charge in [-0.2, -0.15) is 0 Å². The Bertz CT molecular complexity index is 145. The molecule has 0 saturated carbocycles. The molecule has 0 fully saturated rings. The highest BCUT2D eigenvalue weighted by atomic mass is 15.1. The van der Waals surface area contributed by atoms with Crippen molar-refractivity contribution < 1.29 is 0 Å². The number of rotatable bonds is 11. The Hall–Kier alpha value is -0.0800. The van der Waals surface area contributed by atoms with Crippen molar-refractivity contribution in [1.82, 2.24) is 4.90 Å². The van der Waals surface area contributed by atoms with E-state index < -0.39 is 0 Å². The fraction of sp³-hybridized carbons (Fsp3) is 1.00. The predicted molar refractivity (Wildman–Crippen MR) is 78.3 cm³/mol. The summed E-state index contributed by atoms with van der Waals surface area (Å²) in [5.41, 5.74) is 5.49. The van der Waals surface area contributed by atoms with E-state index in [1.807, 2.05) is 0 Å². The van der Waals surface area contributed by atoms with E-state index in [0.29, 0.717) is 0 Å². The molecule has 0 aromatic heterocycles. The molecule has 2 nitrogen and oxygen atoms in total. The first-order valence-electron chi connectivity index (χ1n) is 7.48. The summed E-state index contributed by atoms with van der Waals surface area (Å²) < 4.78 is 0. The first-order chi connectivity index (χ1) is 8.06. The summed E-state index contributed by atoms with van der Waals surface area (Å²) >= 11 is 0. The van der Waals surface area contributed by atoms with Crippen LogP contribution in [0.1, 0.15) is 59.8 Å². The van der Waals surface area contributed by atoms with Crippen molar-refractivity contribution in [2.75, 3.05) is 26.2 Å². The number of unbranched alkanes of at least 4 members (excludes halogenated alkanes) is 4. The Labute approximate surface area is 109 Å². The van der Waals surface area contributed by atoms with E-state index in [2.05, 4.69) is 32.6 Å². The lowest BCUT2D eigenvalue weighted by Crippen LogP contribution is -2.32. The third kappa shape index (κ3) is 12.2. The Morgan fingerprint density at radius 1 is 0.765 bits per heavy atom. The average Bonchev–Trinajstić information content (AvgIpc) is 2.21. The molecule has 0 aliphatic heterocycles. The summed E-state index contributed by atoms with van der Waals surface area (Å²) in [5.74, 6) is 1.57. The highest BCUT2D eigenvalue weighted by Crippen LogP contribution is 2.08. The van der Waals surface area contributed by atoms with E-state index >= 15 is 0 Å². The zero-order valence-corrected chi connectivity index (χ0v) is 12.5. The Kier molecular flexibility index (Phi) is 11.0. The molecule has 2 N–H and O–H groups in total. The fourth-order valence-electron chi connectivity index (χ4n) is 2.30. The normalized spacial score (nSPS) is 12.0. The van der Waals surface area contributed by atoms with Gasteiger partial charge in [0.15, 0.2) is 0 Å². The van der Waals surface area contributed by atoms with Crippen LogP contribution in [-0.2, 0) is 0 Å². The topological polar surface area (TPSA) is 29.3 Å². The molecule has 0 aliphatic carbocycles. The minimum absolute atomic E-state index is 0.783. The molecule has 0 aliphatic rings. The van der Waals surface area contributed by atoms with Crippen molar-refractivity contribution in [3.8, 4) is 0 Å². The molecule has 0 atom stereocenters. The summed E-state index contributed by atoms with van der Waals surface area (Å²) in [6.45, 7) is 13.9. The SMILES string of the molecule is CC(C)CN(CCCCCCCN)CC(C)C. The molecule has 104 valence electrons. The molecule has 0 rings (SSSR count). The maximum atomic E-state index is 5.49. The van der Waals surface area contributed by atoms with Crippen LogP contribution in [0.4, 0.5) is 0 Å². The zero-order valence-electron chi connectivity index (χ0n) is 12.5. The molecular formula is C15H34N2. The van der Waals surface area contributed by atoms with Gasteiger partial charge in [-0.15, -0.1) is 0 Å². The second-order valence-electron chi connectivity index (χ2n) is 6.10. The zero-order chi connectivity index (χ0) is 13.1. The summed E-state index contributed by atoms with van der Waals surface area (Å²) in [7, 11) is 0. The van der Waals surface area contributed by atoms with Gasteiger partial charge in [-0.25, -0.2) is 0 Å². The van der Waals surface area contributed by atoms with Crippen LogP contribution in [0.15, 0.2) is 0 Å². The van der Waals surface area contributed by atoms with Crippen LogP contribution in [0.5, 0.6) is 0 Å². The van der Waals surface area contributed by atoms with E-state index in [1.54, 1.807) is 0 Å². The fourth-order valence-corrected chi connectivity index (χ4v) is 2.30. The van der Waals surface area contributed by atoms with Gasteiger partial charge in [-0.3, -0.25) is 0 Å². The van der Waals surface area contributed by atoms with Gasteiger partial charge < -0.3 is 10.6 Å². The molecular weight excluding hydrogens is 208 g/mol. The average molecular weight is 242 g/mol. The third-order valence-corrected chi connectivity index (χ3v) is 2.93. The number of nitrogens with zero attached hydrogens (tertiary/aromatic N) is 1. The minimum Gasteiger partial charge on any atom is -0.330 e. The highest BCUT2D eigenvalue weighted by molar-refractivity contribution is 4.62. The molecule has 2 heteroatoms. The van der Waals surface area contributed by atoms with E-state index in [1.165, 1.54) is 51.7 Å². The van der Waals surface area contributed by atoms with Crippen LogP contribution in [-0.4, -0.2) is 31.1 Å². The maximum Gasteiger partial charge on any atom is 0.000449 e. The second-order valence-corrected chi connectivity index (χ2v) is 6.10. The van der Waals surface area contributed by atoms with Crippen molar-refractivity contribution in [2.45, 2.75) is 59.8 Å². The lowest BCUT2D eigenvalue weighted by Gasteiger charge is -2.26. The van der Waals surface area contributed by atoms with Crippen molar-refractivity contribution in [2.24, 2.45) is 17.6 Å². The predicted octanol–water partition coefficient (Wildman–Crippen LogP) is 3.51. The van der Waals surface area contributed by atoms with Crippen LogP contribution >= 0.6 is 0 Å². The first kappa shape index (κ1) is 16.9. The monoisotopic (exact) mass is 242 g/mol. The summed E-state index contributed by atoms with van der Waals surface area (Å²) in [4.78, 5) is 2.64. The van der Waals surface area contributed by atoms with Crippen LogP contribution in [0.25, 0.3) is 0 Å². The molecule has 0 aromatic rings. The lowest BCUT2D eigenvalue weighted by atomic mass is 10.1. The molecule has 0 spiro atoms. The van der Waals surface area contributed by atoms with Crippen LogP contribution in [0, 0.1) is 11.8 Å². The van der Waals surface area contributed by atoms with Crippen molar-refractivity contribution in [3.05, 3.63) is 0 Å². The van der Waals surface area contributed by atoms with Gasteiger partial charge in [0, 0.05) is 13.1 Å². The van der Waals surface area contributed by atoms with Crippen molar-refractivity contribution in [1.29, 1.82) is 0 Å². The summed E-state index contributed by atoms with van der Waals surface area (Å²) in [6, 6.07) is 0. The number of hydrogen-bond acceptors (Lipinski definition) is 2. The van der Waals surface area contributed by atoms with Gasteiger partial charge in [0.05, 0.1) is 0 Å². The summed E-state index contributed by atoms with van der Waals surface area (Å²) in [5, 5.41) is 0. The van der Waals surface area contributed by atoms with Crippen LogP contribution in [0.3, 0.4) is 0 Å². The van der Waals surface area contributed by atoms with Gasteiger partial charge >= 0.3 is 0 Å². The van der Waals surface area contributed by atoms with Gasteiger partial charge in [-0.05, 0) is 37.8 Å². The molecule has 0 aromatic carbocycles. The molecule has 0 saturated heterocycles. The van der Waals surface area contributed by atoms with Gasteiger partial charge in [0.25, 0.3) is 0 Å². The number of nitrogens with two attached hydrogens (primary N) is 1.